The molecule has 0 heterocycles. The summed E-state index contributed by atoms with van der Waals surface area (Å²) in [6.07, 6.45) is 0. The zero-order valence-electron chi connectivity index (χ0n) is 2.45. The van der Waals surface area contributed by atoms with E-state index in [2.05, 4.69) is 16.0 Å². The zero-order valence-corrected chi connectivity index (χ0v) is 4.32. The van der Waals surface area contributed by atoms with Crippen LogP contribution >= 0.6 is 0 Å². The minimum absolute atomic E-state index is 0.604. The quantitative estimate of drug-likeness (QED) is 0.342. The molecule has 0 aromatic heterocycles. The molecule has 0 saturated heterocycles. The Kier molecular flexibility index (Phi) is 1.57. The summed E-state index contributed by atoms with van der Waals surface area (Å²) >= 11 is 2.12. The molecule has 0 unspecified atom stereocenters. The summed E-state index contributed by atoms with van der Waals surface area (Å²) in [6.45, 7) is 1.72. The Morgan fingerprint density at radius 2 is 2.00 bits per heavy atom. The van der Waals surface area contributed by atoms with Gasteiger partial charge < -0.3 is 0 Å². The molecule has 0 aliphatic heterocycles. The second-order valence-electron chi connectivity index (χ2n) is 0.585. The van der Waals surface area contributed by atoms with Crippen molar-refractivity contribution in [2.45, 2.75) is 6.92 Å². The van der Waals surface area contributed by atoms with Gasteiger partial charge in [-0.05, 0) is 0 Å². The molecule has 0 spiro atoms. The molecule has 1 N–H and O–H groups in total. The Balaban J connectivity index is 2.80. The van der Waals surface area contributed by atoms with Crippen molar-refractivity contribution in [3.8, 4) is 0 Å². The van der Waals surface area contributed by atoms with Crippen molar-refractivity contribution in [2.24, 2.45) is 0 Å². The van der Waals surface area contributed by atoms with Crippen LogP contribution in [0.1, 0.15) is 6.92 Å². The second-order valence-corrected chi connectivity index (χ2v) is 1.99. The number of hydrogen-bond acceptors (Lipinski definition) is 1. The van der Waals surface area contributed by atoms with Gasteiger partial charge in [-0.15, -0.1) is 0 Å². The van der Waals surface area contributed by atoms with Crippen molar-refractivity contribution in [1.82, 2.24) is 0 Å². The van der Waals surface area contributed by atoms with Gasteiger partial charge >= 0.3 is 33.0 Å². The molecule has 0 atom stereocenters. The maximum atomic E-state index is 6.47. The molecule has 0 bridgehead atoms. The molecule has 0 aromatic rings. The van der Waals surface area contributed by atoms with Gasteiger partial charge in [-0.25, -0.2) is 0 Å². The molecule has 0 aliphatic rings. The van der Waals surface area contributed by atoms with Crippen LogP contribution < -0.4 is 0 Å². The van der Waals surface area contributed by atoms with E-state index in [0.717, 1.165) is 0 Å². The molecular weight excluding hydrogens is 117 g/mol. The van der Waals surface area contributed by atoms with Crippen molar-refractivity contribution in [3.05, 3.63) is 0 Å². The first kappa shape index (κ1) is 4.19. The number of hydrogen-bond donors (Lipinski definition) is 1. The van der Waals surface area contributed by atoms with E-state index in [1.807, 2.05) is 0 Å². The second kappa shape index (κ2) is 1.50. The van der Waals surface area contributed by atoms with E-state index >= 15 is 0 Å². The average molecular weight is 122 g/mol. The number of nitrogens with one attached hydrogen (secondary N) is 1. The fourth-order valence-corrected chi connectivity index (χ4v) is 0. The Bertz CT molecular complexity index is 29.0. The van der Waals surface area contributed by atoms with Crippen LogP contribution in [0.2, 0.25) is 0 Å². The van der Waals surface area contributed by atoms with Gasteiger partial charge in [0.2, 0.25) is 0 Å². The van der Waals surface area contributed by atoms with Gasteiger partial charge in [0, 0.05) is 0 Å². The average Bonchev–Trinajstić information content (AvgIpc) is 0.811. The molecule has 24 valence electrons. The molecule has 0 saturated carbocycles. The van der Waals surface area contributed by atoms with E-state index < -0.39 is 0 Å². The van der Waals surface area contributed by atoms with E-state index in [1.165, 1.54) is 0 Å². The Morgan fingerprint density at radius 1 is 2.00 bits per heavy atom. The third kappa shape index (κ3) is 86.3. The molecule has 4 heavy (non-hydrogen) atoms. The topological polar surface area (TPSA) is 23.9 Å². The minimum atomic E-state index is 0.604. The Hall–Kier alpha value is 0.189. The first-order valence-electron chi connectivity index (χ1n) is 0.974. The van der Waals surface area contributed by atoms with E-state index in [-0.39, 0.29) is 0 Å². The summed E-state index contributed by atoms with van der Waals surface area (Å²) in [5.41, 5.74) is 0. The van der Waals surface area contributed by atoms with Gasteiger partial charge in [-0.1, -0.05) is 0 Å². The third-order valence-electron chi connectivity index (χ3n) is 0. The third-order valence-corrected chi connectivity index (χ3v) is 0. The molecular formula is C2H5NSe. The van der Waals surface area contributed by atoms with Crippen molar-refractivity contribution in [2.75, 3.05) is 0 Å². The summed E-state index contributed by atoms with van der Waals surface area (Å²) in [5, 5.41) is 6.47. The van der Waals surface area contributed by atoms with Crippen LogP contribution in [0.25, 0.3) is 0 Å². The molecule has 0 amide bonds. The summed E-state index contributed by atoms with van der Waals surface area (Å²) in [5.74, 6) is 0. The standard InChI is InChI=1S/C2H5NSe/c1-2(3)4/h1H3,(H2,3,4). The van der Waals surface area contributed by atoms with Crippen molar-refractivity contribution in [3.63, 3.8) is 0 Å². The van der Waals surface area contributed by atoms with Crippen molar-refractivity contribution in [1.29, 1.82) is 5.41 Å². The predicted molar refractivity (Wildman–Crippen MR) is 20.5 cm³/mol. The van der Waals surface area contributed by atoms with Crippen LogP contribution in [0, 0.1) is 5.41 Å². The van der Waals surface area contributed by atoms with E-state index in [4.69, 9.17) is 5.41 Å². The zero-order chi connectivity index (χ0) is 3.58. The first-order chi connectivity index (χ1) is 1.73. The van der Waals surface area contributed by atoms with Gasteiger partial charge in [0.15, 0.2) is 0 Å². The summed E-state index contributed by atoms with van der Waals surface area (Å²) in [4.78, 5) is 0. The number of rotatable bonds is 0. The van der Waals surface area contributed by atoms with Crippen LogP contribution in [-0.2, 0) is 0 Å². The Labute approximate surface area is 33.7 Å². The predicted octanol–water partition coefficient (Wildman–Crippen LogP) is -0.116. The van der Waals surface area contributed by atoms with Crippen LogP contribution in [0.4, 0.5) is 0 Å². The van der Waals surface area contributed by atoms with Gasteiger partial charge in [0.25, 0.3) is 0 Å². The summed E-state index contributed by atoms with van der Waals surface area (Å²) in [6, 6.07) is 0. The summed E-state index contributed by atoms with van der Waals surface area (Å²) in [7, 11) is 0. The molecule has 0 rings (SSSR count). The van der Waals surface area contributed by atoms with Gasteiger partial charge in [0.05, 0.1) is 0 Å². The molecule has 2 heteroatoms. The van der Waals surface area contributed by atoms with Crippen LogP contribution in [0.5, 0.6) is 0 Å². The van der Waals surface area contributed by atoms with E-state index in [1.54, 1.807) is 6.92 Å². The fraction of sp³-hybridized carbons (Fsp3) is 0.500. The van der Waals surface area contributed by atoms with Crippen molar-refractivity contribution < 1.29 is 0 Å². The van der Waals surface area contributed by atoms with E-state index in [0.29, 0.717) is 4.61 Å². The van der Waals surface area contributed by atoms with Crippen LogP contribution in [0.15, 0.2) is 0 Å². The van der Waals surface area contributed by atoms with E-state index in [9.17, 15) is 0 Å². The SMILES string of the molecule is CC(=N)[SeH]. The molecule has 0 aromatic carbocycles. The van der Waals surface area contributed by atoms with Crippen LogP contribution in [0.3, 0.4) is 0 Å². The normalized spacial score (nSPS) is 6.50. The van der Waals surface area contributed by atoms with Gasteiger partial charge in [-0.3, -0.25) is 0 Å². The Morgan fingerprint density at radius 3 is 2.00 bits per heavy atom. The molecule has 0 radical (unpaired) electrons. The van der Waals surface area contributed by atoms with Gasteiger partial charge in [-0.2, -0.15) is 0 Å². The van der Waals surface area contributed by atoms with Crippen molar-refractivity contribution >= 4 is 20.6 Å². The molecule has 0 fully saturated rings. The first-order valence-corrected chi connectivity index (χ1v) is 1.91. The van der Waals surface area contributed by atoms with Gasteiger partial charge in [0.1, 0.15) is 0 Å². The van der Waals surface area contributed by atoms with Crippen LogP contribution in [-0.4, -0.2) is 20.6 Å². The molecule has 0 aliphatic carbocycles. The molecule has 1 nitrogen and oxygen atoms in total. The fourth-order valence-electron chi connectivity index (χ4n) is 0. The monoisotopic (exact) mass is 123 g/mol. The maximum absolute atomic E-state index is 6.47. The summed E-state index contributed by atoms with van der Waals surface area (Å²) < 4.78 is 0.604.